The first-order valence-electron chi connectivity index (χ1n) is 6.55. The molecule has 128 valence electrons. The third-order valence-corrected chi connectivity index (χ3v) is 3.48. The molecule has 0 aromatic heterocycles. The highest BCUT2D eigenvalue weighted by Crippen LogP contribution is 2.31. The predicted octanol–water partition coefficient (Wildman–Crippen LogP) is 1.63. The minimum Gasteiger partial charge on any atom is -0.465 e. The molecule has 10 heteroatoms. The van der Waals surface area contributed by atoms with Gasteiger partial charge in [0.05, 0.1) is 6.54 Å². The lowest BCUT2D eigenvalue weighted by Crippen LogP contribution is -2.44. The summed E-state index contributed by atoms with van der Waals surface area (Å²) in [7, 11) is 0. The van der Waals surface area contributed by atoms with Gasteiger partial charge < -0.3 is 10.2 Å². The van der Waals surface area contributed by atoms with Crippen molar-refractivity contribution in [2.75, 3.05) is 13.1 Å². The number of alkyl halides is 3. The quantitative estimate of drug-likeness (QED) is 0.431. The van der Waals surface area contributed by atoms with Gasteiger partial charge in [0.15, 0.2) is 6.29 Å². The van der Waals surface area contributed by atoms with Crippen molar-refractivity contribution >= 4 is 18.5 Å². The van der Waals surface area contributed by atoms with Crippen molar-refractivity contribution in [3.63, 3.8) is 0 Å². The highest BCUT2D eigenvalue weighted by molar-refractivity contribution is 5.74. The lowest BCUT2D eigenvalue weighted by molar-refractivity contribution is -0.125. The third kappa shape index (κ3) is 4.28. The van der Waals surface area contributed by atoms with Crippen molar-refractivity contribution in [2.45, 2.75) is 37.0 Å². The normalized spacial score (nSPS) is 28.5. The van der Waals surface area contributed by atoms with E-state index in [1.165, 1.54) is 0 Å². The van der Waals surface area contributed by atoms with E-state index in [2.05, 4.69) is 0 Å². The van der Waals surface area contributed by atoms with Gasteiger partial charge in [-0.25, -0.2) is 22.8 Å². The second-order valence-electron chi connectivity index (χ2n) is 5.13. The number of rotatable bonds is 1. The van der Waals surface area contributed by atoms with E-state index in [0.29, 0.717) is 16.2 Å². The molecule has 23 heavy (non-hydrogen) atoms. The number of nitrogens with zero attached hydrogens (tertiary/aromatic N) is 2. The van der Waals surface area contributed by atoms with Crippen LogP contribution in [0.15, 0.2) is 0 Å². The SMILES string of the molecule is C#C[C@H]1CC(F)(F)CN1C(=O)O.O=C[C@]1(F)CCCN1C(=O)O. The molecule has 2 N–H and O–H groups in total. The van der Waals surface area contributed by atoms with Crippen LogP contribution in [0.4, 0.5) is 22.8 Å². The van der Waals surface area contributed by atoms with Crippen LogP contribution in [0.3, 0.4) is 0 Å². The summed E-state index contributed by atoms with van der Waals surface area (Å²) >= 11 is 0. The fourth-order valence-electron chi connectivity index (χ4n) is 2.35. The van der Waals surface area contributed by atoms with Crippen LogP contribution in [0.5, 0.6) is 0 Å². The smallest absolute Gasteiger partial charge is 0.410 e. The van der Waals surface area contributed by atoms with Gasteiger partial charge in [-0.1, -0.05) is 5.92 Å². The Morgan fingerprint density at radius 2 is 1.87 bits per heavy atom. The van der Waals surface area contributed by atoms with Crippen molar-refractivity contribution in [2.24, 2.45) is 0 Å². The van der Waals surface area contributed by atoms with E-state index in [-0.39, 0.29) is 19.3 Å². The molecule has 7 nitrogen and oxygen atoms in total. The van der Waals surface area contributed by atoms with Gasteiger partial charge in [0.2, 0.25) is 5.79 Å². The Kier molecular flexibility index (Phi) is 5.47. The Morgan fingerprint density at radius 3 is 2.22 bits per heavy atom. The summed E-state index contributed by atoms with van der Waals surface area (Å²) in [5.74, 6) is -3.23. The summed E-state index contributed by atoms with van der Waals surface area (Å²) in [6.45, 7) is -0.693. The molecule has 2 heterocycles. The largest absolute Gasteiger partial charge is 0.465 e. The van der Waals surface area contributed by atoms with E-state index in [1.807, 2.05) is 5.92 Å². The first kappa shape index (κ1) is 18.6. The van der Waals surface area contributed by atoms with E-state index in [9.17, 15) is 27.6 Å². The summed E-state index contributed by atoms with van der Waals surface area (Å²) in [5, 5.41) is 16.9. The van der Waals surface area contributed by atoms with E-state index < -0.39 is 42.9 Å². The molecule has 2 rings (SSSR count). The average Bonchev–Trinajstić information content (AvgIpc) is 3.00. The van der Waals surface area contributed by atoms with Gasteiger partial charge in [-0.3, -0.25) is 14.6 Å². The summed E-state index contributed by atoms with van der Waals surface area (Å²) < 4.78 is 38.3. The summed E-state index contributed by atoms with van der Waals surface area (Å²) in [5.41, 5.74) is 0. The van der Waals surface area contributed by atoms with Gasteiger partial charge in [0.25, 0.3) is 5.92 Å². The van der Waals surface area contributed by atoms with Crippen molar-refractivity contribution < 1.29 is 37.8 Å². The summed E-state index contributed by atoms with van der Waals surface area (Å²) in [6.07, 6.45) is 1.98. The maximum absolute atomic E-state index is 13.1. The number of hydrogen-bond acceptors (Lipinski definition) is 3. The predicted molar refractivity (Wildman–Crippen MR) is 70.8 cm³/mol. The van der Waals surface area contributed by atoms with E-state index in [4.69, 9.17) is 16.6 Å². The molecule has 0 unspecified atom stereocenters. The Labute approximate surface area is 129 Å². The molecule has 2 aliphatic rings. The second-order valence-corrected chi connectivity index (χ2v) is 5.13. The van der Waals surface area contributed by atoms with Crippen molar-refractivity contribution in [1.82, 2.24) is 9.80 Å². The highest BCUT2D eigenvalue weighted by atomic mass is 19.3. The number of amides is 2. The van der Waals surface area contributed by atoms with Crippen LogP contribution >= 0.6 is 0 Å². The fourth-order valence-corrected chi connectivity index (χ4v) is 2.35. The van der Waals surface area contributed by atoms with E-state index >= 15 is 0 Å². The molecule has 0 radical (unpaired) electrons. The fraction of sp³-hybridized carbons (Fsp3) is 0.615. The molecule has 0 aliphatic carbocycles. The molecule has 2 aliphatic heterocycles. The zero-order chi connectivity index (χ0) is 17.8. The highest BCUT2D eigenvalue weighted by Gasteiger charge is 2.46. The zero-order valence-electron chi connectivity index (χ0n) is 11.9. The van der Waals surface area contributed by atoms with Gasteiger partial charge in [0, 0.05) is 19.4 Å². The maximum Gasteiger partial charge on any atom is 0.410 e. The standard InChI is InChI=1S/C7H7F2NO2.C6H8FNO3/c1-2-5-3-7(8,9)4-10(5)6(11)12;7-6(4-9)2-1-3-8(6)5(10)11/h1,5H,3-4H2,(H,11,12);4H,1-3H2,(H,10,11)/t5-;6-/m00/s1. The number of aldehydes is 1. The van der Waals surface area contributed by atoms with Crippen molar-refractivity contribution in [1.29, 1.82) is 0 Å². The minimum absolute atomic E-state index is 0.0250. The molecule has 0 aromatic rings. The molecule has 2 atom stereocenters. The number of hydrogen-bond donors (Lipinski definition) is 2. The van der Waals surface area contributed by atoms with Crippen LogP contribution in [0.1, 0.15) is 19.3 Å². The molecule has 2 saturated heterocycles. The first-order valence-corrected chi connectivity index (χ1v) is 6.55. The molecule has 2 amide bonds. The third-order valence-electron chi connectivity index (χ3n) is 3.48. The second kappa shape index (κ2) is 6.76. The summed E-state index contributed by atoms with van der Waals surface area (Å²) in [6, 6.07) is -0.988. The average molecular weight is 336 g/mol. The zero-order valence-corrected chi connectivity index (χ0v) is 11.9. The van der Waals surface area contributed by atoms with Crippen LogP contribution in [0.25, 0.3) is 0 Å². The van der Waals surface area contributed by atoms with Crippen molar-refractivity contribution in [3.8, 4) is 12.3 Å². The monoisotopic (exact) mass is 336 g/mol. The Hall–Kier alpha value is -2.44. The number of halogens is 3. The van der Waals surface area contributed by atoms with Gasteiger partial charge in [-0.15, -0.1) is 6.42 Å². The van der Waals surface area contributed by atoms with Gasteiger partial charge >= 0.3 is 12.2 Å². The molecule has 2 fully saturated rings. The molecular weight excluding hydrogens is 321 g/mol. The minimum atomic E-state index is -2.98. The van der Waals surface area contributed by atoms with Crippen LogP contribution in [0, 0.1) is 12.3 Å². The number of terminal acetylenes is 1. The van der Waals surface area contributed by atoms with Crippen LogP contribution < -0.4 is 0 Å². The topological polar surface area (TPSA) is 98.2 Å². The van der Waals surface area contributed by atoms with Crippen molar-refractivity contribution in [3.05, 3.63) is 0 Å². The molecule has 0 aromatic carbocycles. The summed E-state index contributed by atoms with van der Waals surface area (Å²) in [4.78, 5) is 31.9. The number of carbonyl (C=O) groups excluding carboxylic acids is 1. The molecule has 0 saturated carbocycles. The molecule has 0 bridgehead atoms. The molecule has 0 spiro atoms. The number of likely N-dealkylation sites (tertiary alicyclic amines) is 2. The van der Waals surface area contributed by atoms with Crippen LogP contribution in [0.2, 0.25) is 0 Å². The lowest BCUT2D eigenvalue weighted by atomic mass is 10.2. The van der Waals surface area contributed by atoms with Gasteiger partial charge in [-0.05, 0) is 6.42 Å². The number of carboxylic acid groups (broad SMARTS) is 2. The Balaban J connectivity index is 0.000000231. The maximum atomic E-state index is 13.1. The van der Waals surface area contributed by atoms with Gasteiger partial charge in [0.1, 0.15) is 6.04 Å². The molecular formula is C13H15F3N2O5. The van der Waals surface area contributed by atoms with Crippen LogP contribution in [-0.2, 0) is 4.79 Å². The van der Waals surface area contributed by atoms with Gasteiger partial charge in [-0.2, -0.15) is 0 Å². The lowest BCUT2D eigenvalue weighted by Gasteiger charge is -2.22. The Bertz CT molecular complexity index is 536. The first-order chi connectivity index (χ1) is 10.6. The Morgan fingerprint density at radius 1 is 1.26 bits per heavy atom. The number of carbonyl (C=O) groups is 3. The van der Waals surface area contributed by atoms with Crippen LogP contribution in [-0.4, -0.2) is 69.3 Å². The van der Waals surface area contributed by atoms with E-state index in [0.717, 1.165) is 0 Å². The van der Waals surface area contributed by atoms with E-state index in [1.54, 1.807) is 0 Å².